The number of nitrogens with one attached hydrogen (secondary N) is 1. The molecule has 0 aliphatic carbocycles. The molecular formula is C27H35N3O3. The Morgan fingerprint density at radius 2 is 1.58 bits per heavy atom. The zero-order valence-electron chi connectivity index (χ0n) is 19.9. The number of hydrogen-bond donors (Lipinski definition) is 1. The molecule has 6 nitrogen and oxygen atoms in total. The normalized spacial score (nSPS) is 15.1. The lowest BCUT2D eigenvalue weighted by molar-refractivity contribution is -0.135. The molecule has 1 saturated heterocycles. The fourth-order valence-corrected chi connectivity index (χ4v) is 4.41. The highest BCUT2D eigenvalue weighted by molar-refractivity contribution is 5.97. The van der Waals surface area contributed by atoms with E-state index < -0.39 is 6.04 Å². The molecule has 0 spiro atoms. The van der Waals surface area contributed by atoms with Gasteiger partial charge in [-0.15, -0.1) is 0 Å². The summed E-state index contributed by atoms with van der Waals surface area (Å²) in [7, 11) is 0. The smallest absolute Gasteiger partial charge is 0.251 e. The van der Waals surface area contributed by atoms with Crippen molar-refractivity contribution in [3.8, 4) is 0 Å². The molecule has 1 heterocycles. The molecule has 1 unspecified atom stereocenters. The number of likely N-dealkylation sites (tertiary alicyclic amines) is 1. The second-order valence-corrected chi connectivity index (χ2v) is 8.71. The van der Waals surface area contributed by atoms with Gasteiger partial charge >= 0.3 is 0 Å². The lowest BCUT2D eigenvalue weighted by atomic mass is 9.87. The average molecular weight is 450 g/mol. The highest BCUT2D eigenvalue weighted by Gasteiger charge is 2.35. The van der Waals surface area contributed by atoms with Crippen molar-refractivity contribution in [2.75, 3.05) is 26.2 Å². The van der Waals surface area contributed by atoms with Gasteiger partial charge in [-0.1, -0.05) is 48.0 Å². The van der Waals surface area contributed by atoms with E-state index in [0.717, 1.165) is 11.1 Å². The van der Waals surface area contributed by atoms with Crippen LogP contribution in [0.4, 0.5) is 0 Å². The van der Waals surface area contributed by atoms with Crippen molar-refractivity contribution in [2.45, 2.75) is 46.1 Å². The topological polar surface area (TPSA) is 69.7 Å². The minimum absolute atomic E-state index is 0.00623. The highest BCUT2D eigenvalue weighted by atomic mass is 16.2. The molecule has 176 valence electrons. The van der Waals surface area contributed by atoms with Crippen LogP contribution in [0.5, 0.6) is 0 Å². The van der Waals surface area contributed by atoms with Crippen LogP contribution in [0.25, 0.3) is 0 Å². The van der Waals surface area contributed by atoms with Crippen LogP contribution < -0.4 is 5.32 Å². The van der Waals surface area contributed by atoms with Gasteiger partial charge in [-0.25, -0.2) is 0 Å². The Labute approximate surface area is 197 Å². The molecule has 6 heteroatoms. The maximum atomic E-state index is 13.3. The van der Waals surface area contributed by atoms with E-state index in [0.29, 0.717) is 51.0 Å². The maximum Gasteiger partial charge on any atom is 0.251 e. The number of benzene rings is 2. The van der Waals surface area contributed by atoms with E-state index in [-0.39, 0.29) is 23.6 Å². The largest absolute Gasteiger partial charge is 0.342 e. The molecule has 1 aliphatic rings. The summed E-state index contributed by atoms with van der Waals surface area (Å²) >= 11 is 0. The zero-order chi connectivity index (χ0) is 23.8. The Morgan fingerprint density at radius 1 is 0.970 bits per heavy atom. The third-order valence-corrected chi connectivity index (χ3v) is 6.50. The molecule has 0 saturated carbocycles. The first kappa shape index (κ1) is 24.5. The molecule has 0 radical (unpaired) electrons. The lowest BCUT2D eigenvalue weighted by Crippen LogP contribution is -2.54. The summed E-state index contributed by atoms with van der Waals surface area (Å²) in [6.07, 6.45) is 1.76. The number of likely N-dealkylation sites (N-methyl/N-ethyl adjacent to an activating group) is 1. The van der Waals surface area contributed by atoms with Crippen molar-refractivity contribution in [1.82, 2.24) is 15.1 Å². The number of carbonyl (C=O) groups is 3. The summed E-state index contributed by atoms with van der Waals surface area (Å²) in [6.45, 7) is 8.26. The zero-order valence-corrected chi connectivity index (χ0v) is 19.9. The number of piperidine rings is 1. The summed E-state index contributed by atoms with van der Waals surface area (Å²) in [5.41, 5.74) is 2.63. The fourth-order valence-electron chi connectivity index (χ4n) is 4.41. The second-order valence-electron chi connectivity index (χ2n) is 8.71. The minimum atomic E-state index is -0.593. The number of nitrogens with zero attached hydrogens (tertiary/aromatic N) is 2. The van der Waals surface area contributed by atoms with Crippen LogP contribution >= 0.6 is 0 Å². The number of aryl methyl sites for hydroxylation is 1. The van der Waals surface area contributed by atoms with Crippen molar-refractivity contribution in [3.05, 3.63) is 71.3 Å². The first-order valence-corrected chi connectivity index (χ1v) is 11.9. The lowest BCUT2D eigenvalue weighted by Gasteiger charge is -2.37. The van der Waals surface area contributed by atoms with Gasteiger partial charge in [0.25, 0.3) is 5.91 Å². The van der Waals surface area contributed by atoms with Gasteiger partial charge in [0, 0.05) is 31.7 Å². The summed E-state index contributed by atoms with van der Waals surface area (Å²) < 4.78 is 0. The van der Waals surface area contributed by atoms with Crippen LogP contribution in [0.1, 0.15) is 48.2 Å². The predicted octanol–water partition coefficient (Wildman–Crippen LogP) is 3.44. The Bertz CT molecular complexity index is 931. The summed E-state index contributed by atoms with van der Waals surface area (Å²) in [5.74, 6) is -0.180. The van der Waals surface area contributed by atoms with E-state index in [9.17, 15) is 14.4 Å². The van der Waals surface area contributed by atoms with Crippen molar-refractivity contribution in [2.24, 2.45) is 5.92 Å². The number of rotatable bonds is 8. The first-order chi connectivity index (χ1) is 15.9. The Hall–Kier alpha value is -3.15. The number of hydrogen-bond acceptors (Lipinski definition) is 3. The second kappa shape index (κ2) is 11.6. The van der Waals surface area contributed by atoms with Gasteiger partial charge in [0.1, 0.15) is 6.04 Å². The van der Waals surface area contributed by atoms with Crippen LogP contribution in [-0.4, -0.2) is 59.7 Å². The minimum Gasteiger partial charge on any atom is -0.342 e. The monoisotopic (exact) mass is 449 g/mol. The molecule has 3 rings (SSSR count). The summed E-state index contributed by atoms with van der Waals surface area (Å²) in [5, 5.41) is 3.02. The third-order valence-electron chi connectivity index (χ3n) is 6.50. The Morgan fingerprint density at radius 3 is 2.15 bits per heavy atom. The molecule has 1 aliphatic heterocycles. The van der Waals surface area contributed by atoms with E-state index in [2.05, 4.69) is 5.32 Å². The summed E-state index contributed by atoms with van der Waals surface area (Å²) in [6, 6.07) is 16.5. The molecule has 1 atom stereocenters. The van der Waals surface area contributed by atoms with Gasteiger partial charge in [-0.3, -0.25) is 14.4 Å². The van der Waals surface area contributed by atoms with Crippen molar-refractivity contribution in [3.63, 3.8) is 0 Å². The van der Waals surface area contributed by atoms with Gasteiger partial charge in [0.2, 0.25) is 11.8 Å². The van der Waals surface area contributed by atoms with Gasteiger partial charge < -0.3 is 15.1 Å². The molecule has 33 heavy (non-hydrogen) atoms. The van der Waals surface area contributed by atoms with E-state index in [4.69, 9.17) is 0 Å². The van der Waals surface area contributed by atoms with Gasteiger partial charge in [0.05, 0.1) is 6.42 Å². The molecular weight excluding hydrogens is 414 g/mol. The van der Waals surface area contributed by atoms with Gasteiger partial charge in [-0.2, -0.15) is 0 Å². The predicted molar refractivity (Wildman–Crippen MR) is 130 cm³/mol. The van der Waals surface area contributed by atoms with Gasteiger partial charge in [-0.05, 0) is 57.2 Å². The fraction of sp³-hybridized carbons (Fsp3) is 0.444. The molecule has 2 aromatic carbocycles. The maximum absolute atomic E-state index is 13.3. The Kier molecular flexibility index (Phi) is 8.64. The molecule has 1 fully saturated rings. The van der Waals surface area contributed by atoms with Crippen LogP contribution in [-0.2, 0) is 16.0 Å². The van der Waals surface area contributed by atoms with E-state index in [1.165, 1.54) is 0 Å². The summed E-state index contributed by atoms with van der Waals surface area (Å²) in [4.78, 5) is 42.7. The number of amides is 3. The van der Waals surface area contributed by atoms with Crippen LogP contribution in [0, 0.1) is 12.8 Å². The molecule has 0 bridgehead atoms. The molecule has 2 aromatic rings. The van der Waals surface area contributed by atoms with E-state index in [1.807, 2.05) is 68.1 Å². The highest BCUT2D eigenvalue weighted by Crippen LogP contribution is 2.23. The quantitative estimate of drug-likeness (QED) is 0.671. The average Bonchev–Trinajstić information content (AvgIpc) is 2.84. The molecule has 1 N–H and O–H groups in total. The van der Waals surface area contributed by atoms with Crippen molar-refractivity contribution >= 4 is 17.7 Å². The number of carbonyl (C=O) groups excluding carboxylic acids is 3. The standard InChI is InChI=1S/C27H35N3O3/c1-4-29(5-2)27(33)25(28-26(32)23-13-11-20(3)12-14-23)22-15-17-30(18-16-22)24(31)19-21-9-7-6-8-10-21/h6-14,22,25H,4-5,15-19H2,1-3H3,(H,28,32). The van der Waals surface area contributed by atoms with Crippen molar-refractivity contribution < 1.29 is 14.4 Å². The van der Waals surface area contributed by atoms with Crippen molar-refractivity contribution in [1.29, 1.82) is 0 Å². The van der Waals surface area contributed by atoms with E-state index >= 15 is 0 Å². The third kappa shape index (κ3) is 6.44. The SMILES string of the molecule is CCN(CC)C(=O)C(NC(=O)c1ccc(C)cc1)C1CCN(C(=O)Cc2ccccc2)CC1. The van der Waals surface area contributed by atoms with Crippen LogP contribution in [0.3, 0.4) is 0 Å². The molecule has 0 aromatic heterocycles. The van der Waals surface area contributed by atoms with E-state index in [1.54, 1.807) is 17.0 Å². The molecule has 3 amide bonds. The van der Waals surface area contributed by atoms with Crippen LogP contribution in [0.15, 0.2) is 54.6 Å². The Balaban J connectivity index is 1.67. The first-order valence-electron chi connectivity index (χ1n) is 11.9. The van der Waals surface area contributed by atoms with Gasteiger partial charge in [0.15, 0.2) is 0 Å². The van der Waals surface area contributed by atoms with Crippen LogP contribution in [0.2, 0.25) is 0 Å².